The number of rotatable bonds is 4. The van der Waals surface area contributed by atoms with E-state index in [0.717, 1.165) is 22.8 Å². The fourth-order valence-electron chi connectivity index (χ4n) is 12.9. The average Bonchev–Trinajstić information content (AvgIpc) is 3.67. The van der Waals surface area contributed by atoms with Crippen LogP contribution in [0.4, 0.5) is 33.4 Å². The monoisotopic (exact) mass is 862 g/mol. The molecule has 5 heteroatoms. The van der Waals surface area contributed by atoms with E-state index in [1.165, 1.54) is 116 Å². The zero-order valence-corrected chi connectivity index (χ0v) is 41.4. The molecule has 3 heterocycles. The van der Waals surface area contributed by atoms with Gasteiger partial charge in [-0.2, -0.15) is 0 Å². The van der Waals surface area contributed by atoms with Crippen LogP contribution in [0.25, 0.3) is 10.6 Å². The first-order chi connectivity index (χ1) is 30.1. The molecule has 0 amide bonds. The summed E-state index contributed by atoms with van der Waals surface area (Å²) < 4.78 is 0. The maximum absolute atomic E-state index is 5.83. The van der Waals surface area contributed by atoms with Crippen molar-refractivity contribution >= 4 is 68.0 Å². The van der Waals surface area contributed by atoms with E-state index in [4.69, 9.17) is 4.98 Å². The maximum atomic E-state index is 5.83. The van der Waals surface area contributed by atoms with E-state index >= 15 is 0 Å². The van der Waals surface area contributed by atoms with Crippen LogP contribution in [-0.2, 0) is 27.1 Å². The summed E-state index contributed by atoms with van der Waals surface area (Å²) in [5.74, 6) is 2.56. The molecule has 0 spiro atoms. The van der Waals surface area contributed by atoms with E-state index in [2.05, 4.69) is 196 Å². The van der Waals surface area contributed by atoms with Crippen LogP contribution in [0.1, 0.15) is 149 Å². The first-order valence-electron chi connectivity index (χ1n) is 24.4. The molecule has 1 aromatic heterocycles. The second kappa shape index (κ2) is 14.2. The third-order valence-corrected chi connectivity index (χ3v) is 17.2. The van der Waals surface area contributed by atoms with Crippen LogP contribution in [0.3, 0.4) is 0 Å². The molecule has 6 aromatic rings. The molecule has 4 bridgehead atoms. The zero-order chi connectivity index (χ0) is 44.9. The molecule has 0 N–H and O–H groups in total. The van der Waals surface area contributed by atoms with Crippen molar-refractivity contribution in [2.75, 3.05) is 9.80 Å². The number of aromatic nitrogens is 1. The standard InChI is InChI=1S/C59H68BN3S/c1-55(2,3)40-15-13-39(14-16-40)53-61-52-54(64-53)63(46-24-19-42(20-25-46)57(7,8)9)50-32-44(59-33-36-27-37(34-59)29-38(28-36)35-59)31-49-51(50)60(52)47-30-43(58(10,11)12)21-26-48(47)62(49)45-22-17-41(18-23-45)56(4,5)6/h13-26,30-32,36-38H,27-29,33-35H2,1-12H3. The lowest BCUT2D eigenvalue weighted by Crippen LogP contribution is -2.62. The molecule has 4 fully saturated rings. The number of hydrogen-bond acceptors (Lipinski definition) is 4. The Hall–Kier alpha value is -4.61. The number of anilines is 6. The number of thiazole rings is 1. The van der Waals surface area contributed by atoms with Crippen LogP contribution in [0, 0.1) is 17.8 Å². The normalized spacial score (nSPS) is 22.4. The molecule has 2 aliphatic heterocycles. The Morgan fingerprint density at radius 2 is 0.953 bits per heavy atom. The number of fused-ring (bicyclic) bond motifs is 4. The Balaban J connectivity index is 1.21. The second-order valence-electron chi connectivity index (χ2n) is 24.9. The Labute approximate surface area is 388 Å². The number of hydrogen-bond donors (Lipinski definition) is 0. The minimum Gasteiger partial charge on any atom is -0.311 e. The lowest BCUT2D eigenvalue weighted by Gasteiger charge is -2.57. The predicted octanol–water partition coefficient (Wildman–Crippen LogP) is 14.6. The molecule has 6 aliphatic rings. The van der Waals surface area contributed by atoms with Gasteiger partial charge in [0, 0.05) is 34.0 Å². The lowest BCUT2D eigenvalue weighted by molar-refractivity contribution is -0.00514. The first kappa shape index (κ1) is 42.1. The third kappa shape index (κ3) is 6.84. The molecule has 12 rings (SSSR count). The highest BCUT2D eigenvalue weighted by Gasteiger charge is 2.53. The van der Waals surface area contributed by atoms with Crippen LogP contribution in [0.2, 0.25) is 0 Å². The van der Waals surface area contributed by atoms with E-state index < -0.39 is 0 Å². The molecule has 5 aromatic carbocycles. The van der Waals surface area contributed by atoms with Crippen LogP contribution in [0.5, 0.6) is 0 Å². The highest BCUT2D eigenvalue weighted by molar-refractivity contribution is 7.22. The second-order valence-corrected chi connectivity index (χ2v) is 25.9. The van der Waals surface area contributed by atoms with Crippen LogP contribution in [-0.4, -0.2) is 11.7 Å². The van der Waals surface area contributed by atoms with E-state index in [-0.39, 0.29) is 33.8 Å². The summed E-state index contributed by atoms with van der Waals surface area (Å²) in [6.45, 7) is 27.9. The Kier molecular flexibility index (Phi) is 9.33. The summed E-state index contributed by atoms with van der Waals surface area (Å²) in [6.07, 6.45) is 8.29. The molecule has 0 saturated heterocycles. The van der Waals surface area contributed by atoms with Gasteiger partial charge in [-0.3, -0.25) is 0 Å². The van der Waals surface area contributed by atoms with E-state index in [9.17, 15) is 0 Å². The molecule has 4 saturated carbocycles. The van der Waals surface area contributed by atoms with Gasteiger partial charge in [0.25, 0.3) is 6.71 Å². The van der Waals surface area contributed by atoms with Gasteiger partial charge in [-0.05, 0) is 165 Å². The molecule has 0 radical (unpaired) electrons. The molecular weight excluding hydrogens is 794 g/mol. The fourth-order valence-corrected chi connectivity index (χ4v) is 14.0. The van der Waals surface area contributed by atoms with Crippen LogP contribution in [0.15, 0.2) is 103 Å². The van der Waals surface area contributed by atoms with Gasteiger partial charge in [-0.1, -0.05) is 155 Å². The van der Waals surface area contributed by atoms with E-state index in [1.807, 2.05) is 11.3 Å². The van der Waals surface area contributed by atoms with Gasteiger partial charge in [0.1, 0.15) is 10.0 Å². The Morgan fingerprint density at radius 3 is 1.44 bits per heavy atom. The molecule has 64 heavy (non-hydrogen) atoms. The molecular formula is C59H68BN3S. The predicted molar refractivity (Wildman–Crippen MR) is 276 cm³/mol. The highest BCUT2D eigenvalue weighted by Crippen LogP contribution is 2.62. The van der Waals surface area contributed by atoms with E-state index in [1.54, 1.807) is 5.56 Å². The number of benzene rings is 5. The lowest BCUT2D eigenvalue weighted by atomic mass is 9.35. The minimum absolute atomic E-state index is 0.0138. The quantitative estimate of drug-likeness (QED) is 0.164. The van der Waals surface area contributed by atoms with Gasteiger partial charge in [-0.25, -0.2) is 4.98 Å². The summed E-state index contributed by atoms with van der Waals surface area (Å²) in [6, 6.07) is 41.1. The largest absolute Gasteiger partial charge is 0.311 e. The van der Waals surface area contributed by atoms with Crippen molar-refractivity contribution in [2.45, 2.75) is 149 Å². The molecule has 0 unspecified atom stereocenters. The minimum atomic E-state index is -0.0169. The molecule has 4 aliphatic carbocycles. The van der Waals surface area contributed by atoms with Crippen LogP contribution >= 0.6 is 11.3 Å². The van der Waals surface area contributed by atoms with Crippen molar-refractivity contribution in [3.8, 4) is 10.6 Å². The van der Waals surface area contributed by atoms with Gasteiger partial charge >= 0.3 is 0 Å². The fraction of sp³-hybridized carbons (Fsp3) is 0.441. The number of nitrogens with zero attached hydrogens (tertiary/aromatic N) is 3. The summed E-state index contributed by atoms with van der Waals surface area (Å²) >= 11 is 1.88. The smallest absolute Gasteiger partial charge is 0.276 e. The summed E-state index contributed by atoms with van der Waals surface area (Å²) in [7, 11) is 0. The molecule has 0 atom stereocenters. The third-order valence-electron chi connectivity index (χ3n) is 16.1. The Bertz CT molecular complexity index is 2750. The van der Waals surface area contributed by atoms with Gasteiger partial charge in [0.05, 0.1) is 5.59 Å². The first-order valence-corrected chi connectivity index (χ1v) is 25.2. The molecule has 3 nitrogen and oxygen atoms in total. The summed E-state index contributed by atoms with van der Waals surface area (Å²) in [5.41, 5.74) is 18.9. The Morgan fingerprint density at radius 1 is 0.516 bits per heavy atom. The van der Waals surface area contributed by atoms with Gasteiger partial charge < -0.3 is 9.80 Å². The highest BCUT2D eigenvalue weighted by atomic mass is 32.1. The van der Waals surface area contributed by atoms with Crippen molar-refractivity contribution < 1.29 is 0 Å². The topological polar surface area (TPSA) is 19.4 Å². The molecule has 328 valence electrons. The van der Waals surface area contributed by atoms with Gasteiger partial charge in [0.15, 0.2) is 0 Å². The average molecular weight is 862 g/mol. The summed E-state index contributed by atoms with van der Waals surface area (Å²) in [5, 5.41) is 2.34. The van der Waals surface area contributed by atoms with Crippen molar-refractivity contribution in [1.29, 1.82) is 0 Å². The SMILES string of the molecule is CC(C)(C)c1ccc(-c2nc3c(s2)N(c2ccc(C(C)(C)C)cc2)c2cc(C45CC6CC(CC(C6)C4)C5)cc4c2B3c2cc(C(C)(C)C)ccc2N4c2ccc(C(C)(C)C)cc2)cc1. The van der Waals surface area contributed by atoms with Gasteiger partial charge in [-0.15, -0.1) is 0 Å². The zero-order valence-electron chi connectivity index (χ0n) is 40.6. The maximum Gasteiger partial charge on any atom is 0.276 e. The van der Waals surface area contributed by atoms with Gasteiger partial charge in [0.2, 0.25) is 0 Å². The van der Waals surface area contributed by atoms with Crippen molar-refractivity contribution in [2.24, 2.45) is 17.8 Å². The van der Waals surface area contributed by atoms with Crippen molar-refractivity contribution in [3.05, 3.63) is 131 Å². The van der Waals surface area contributed by atoms with Crippen molar-refractivity contribution in [1.82, 2.24) is 4.98 Å². The van der Waals surface area contributed by atoms with E-state index in [0.29, 0.717) is 0 Å². The van der Waals surface area contributed by atoms with Crippen molar-refractivity contribution in [3.63, 3.8) is 0 Å². The van der Waals surface area contributed by atoms with Crippen LogP contribution < -0.4 is 26.3 Å². The summed E-state index contributed by atoms with van der Waals surface area (Å²) in [4.78, 5) is 11.1.